The standard InChI is InChI=1S/C24H33N3O5/c1-6-8-9-24(4)10-12-26(13-11-24)21-19(20(28)23(30)31-5)16(3)14-18-25-17(15-27(18)21)22(29)32-7-2/h6,14-15,20,28H,1,7-13H2,2-5H3. The molecule has 1 fully saturated rings. The summed E-state index contributed by atoms with van der Waals surface area (Å²) in [7, 11) is 1.25. The Labute approximate surface area is 188 Å². The van der Waals surface area contributed by atoms with Crippen molar-refractivity contribution in [1.29, 1.82) is 0 Å². The van der Waals surface area contributed by atoms with Gasteiger partial charge in [-0.3, -0.25) is 4.40 Å². The first-order chi connectivity index (χ1) is 15.2. The van der Waals surface area contributed by atoms with Crippen LogP contribution in [0.25, 0.3) is 5.65 Å². The third-order valence-electron chi connectivity index (χ3n) is 6.38. The summed E-state index contributed by atoms with van der Waals surface area (Å²) in [6, 6.07) is 1.76. The van der Waals surface area contributed by atoms with Crippen molar-refractivity contribution in [2.24, 2.45) is 5.41 Å². The minimum Gasteiger partial charge on any atom is -0.467 e. The number of allylic oxidation sites excluding steroid dienone is 1. The average Bonchev–Trinajstić information content (AvgIpc) is 3.20. The molecule has 32 heavy (non-hydrogen) atoms. The van der Waals surface area contributed by atoms with E-state index in [4.69, 9.17) is 9.47 Å². The lowest BCUT2D eigenvalue weighted by Crippen LogP contribution is -2.40. The Morgan fingerprint density at radius 1 is 1.38 bits per heavy atom. The Bertz CT molecular complexity index is 1000. The van der Waals surface area contributed by atoms with Gasteiger partial charge in [-0.25, -0.2) is 14.6 Å². The molecule has 0 amide bonds. The molecule has 0 radical (unpaired) electrons. The Morgan fingerprint density at radius 2 is 2.06 bits per heavy atom. The summed E-state index contributed by atoms with van der Waals surface area (Å²) < 4.78 is 11.7. The second-order valence-electron chi connectivity index (χ2n) is 8.69. The molecule has 0 spiro atoms. The summed E-state index contributed by atoms with van der Waals surface area (Å²) in [4.78, 5) is 31.2. The van der Waals surface area contributed by atoms with E-state index in [0.29, 0.717) is 22.6 Å². The highest BCUT2D eigenvalue weighted by Crippen LogP contribution is 2.40. The number of nitrogens with zero attached hydrogens (tertiary/aromatic N) is 3. The number of aromatic nitrogens is 2. The fourth-order valence-electron chi connectivity index (χ4n) is 4.40. The van der Waals surface area contributed by atoms with Gasteiger partial charge < -0.3 is 19.5 Å². The molecule has 0 saturated carbocycles. The van der Waals surface area contributed by atoms with Crippen LogP contribution >= 0.6 is 0 Å². The SMILES string of the molecule is C=CCCC1(C)CCN(c2c(C(O)C(=O)OC)c(C)cc3nc(C(=O)OCC)cn23)CC1. The number of rotatable bonds is 8. The minimum atomic E-state index is -1.44. The van der Waals surface area contributed by atoms with Crippen molar-refractivity contribution in [2.75, 3.05) is 31.7 Å². The van der Waals surface area contributed by atoms with Crippen LogP contribution < -0.4 is 4.90 Å². The Kier molecular flexibility index (Phi) is 7.23. The zero-order chi connectivity index (χ0) is 23.5. The van der Waals surface area contributed by atoms with Crippen molar-refractivity contribution >= 4 is 23.4 Å². The maximum Gasteiger partial charge on any atom is 0.358 e. The molecule has 1 N–H and O–H groups in total. The molecule has 0 aliphatic carbocycles. The number of carbonyl (C=O) groups is 2. The van der Waals surface area contributed by atoms with E-state index >= 15 is 0 Å². The van der Waals surface area contributed by atoms with Gasteiger partial charge in [-0.15, -0.1) is 6.58 Å². The van der Waals surface area contributed by atoms with E-state index in [0.717, 1.165) is 38.8 Å². The number of methoxy groups -OCH3 is 1. The van der Waals surface area contributed by atoms with Gasteiger partial charge >= 0.3 is 11.9 Å². The van der Waals surface area contributed by atoms with Crippen molar-refractivity contribution in [3.05, 3.63) is 41.7 Å². The molecule has 174 valence electrons. The third kappa shape index (κ3) is 4.65. The van der Waals surface area contributed by atoms with Crippen molar-refractivity contribution in [2.45, 2.75) is 52.6 Å². The van der Waals surface area contributed by atoms with Crippen LogP contribution in [-0.2, 0) is 14.3 Å². The molecule has 8 heteroatoms. The Hall–Kier alpha value is -2.87. The van der Waals surface area contributed by atoms with Crippen LogP contribution in [0.1, 0.15) is 67.3 Å². The summed E-state index contributed by atoms with van der Waals surface area (Å²) >= 11 is 0. The average molecular weight is 444 g/mol. The van der Waals surface area contributed by atoms with Crippen molar-refractivity contribution < 1.29 is 24.2 Å². The number of esters is 2. The summed E-state index contributed by atoms with van der Waals surface area (Å²) in [5, 5.41) is 10.8. The van der Waals surface area contributed by atoms with E-state index in [-0.39, 0.29) is 17.7 Å². The summed E-state index contributed by atoms with van der Waals surface area (Å²) in [6.07, 6.45) is 6.09. The lowest BCUT2D eigenvalue weighted by Gasteiger charge is -2.41. The van der Waals surface area contributed by atoms with Crippen LogP contribution in [0.4, 0.5) is 5.82 Å². The number of aliphatic hydroxyl groups is 1. The number of pyridine rings is 1. The predicted molar refractivity (Wildman–Crippen MR) is 122 cm³/mol. The van der Waals surface area contributed by atoms with Crippen molar-refractivity contribution in [1.82, 2.24) is 9.38 Å². The lowest BCUT2D eigenvalue weighted by molar-refractivity contribution is -0.150. The van der Waals surface area contributed by atoms with Crippen LogP contribution in [0.2, 0.25) is 0 Å². The molecule has 1 atom stereocenters. The number of ether oxygens (including phenoxy) is 2. The van der Waals surface area contributed by atoms with Gasteiger partial charge in [0, 0.05) is 24.8 Å². The number of aryl methyl sites for hydroxylation is 1. The fraction of sp³-hybridized carbons (Fsp3) is 0.542. The van der Waals surface area contributed by atoms with E-state index in [1.807, 2.05) is 13.0 Å². The monoisotopic (exact) mass is 443 g/mol. The normalized spacial score (nSPS) is 16.6. The lowest BCUT2D eigenvalue weighted by atomic mass is 9.76. The topological polar surface area (TPSA) is 93.4 Å². The summed E-state index contributed by atoms with van der Waals surface area (Å²) in [6.45, 7) is 11.4. The molecule has 3 rings (SSSR count). The molecule has 1 aliphatic heterocycles. The number of carbonyl (C=O) groups excluding carboxylic acids is 2. The molecule has 1 unspecified atom stereocenters. The van der Waals surface area contributed by atoms with Gasteiger partial charge in [0.15, 0.2) is 11.8 Å². The highest BCUT2D eigenvalue weighted by molar-refractivity contribution is 5.88. The molecule has 0 bridgehead atoms. The predicted octanol–water partition coefficient (Wildman–Crippen LogP) is 3.60. The number of anilines is 1. The zero-order valence-electron chi connectivity index (χ0n) is 19.4. The van der Waals surface area contributed by atoms with Gasteiger partial charge in [0.1, 0.15) is 11.5 Å². The van der Waals surface area contributed by atoms with Crippen LogP contribution in [0.3, 0.4) is 0 Å². The first-order valence-corrected chi connectivity index (χ1v) is 11.1. The molecule has 1 aliphatic rings. The highest BCUT2D eigenvalue weighted by Gasteiger charge is 2.34. The van der Waals surface area contributed by atoms with Gasteiger partial charge in [-0.05, 0) is 56.6 Å². The molecule has 1 saturated heterocycles. The Balaban J connectivity index is 2.09. The van der Waals surface area contributed by atoms with E-state index < -0.39 is 18.0 Å². The van der Waals surface area contributed by atoms with E-state index in [9.17, 15) is 14.7 Å². The Morgan fingerprint density at radius 3 is 2.66 bits per heavy atom. The minimum absolute atomic E-state index is 0.185. The second kappa shape index (κ2) is 9.73. The maximum atomic E-state index is 12.3. The van der Waals surface area contributed by atoms with Gasteiger partial charge in [0.25, 0.3) is 0 Å². The van der Waals surface area contributed by atoms with Gasteiger partial charge in [-0.2, -0.15) is 0 Å². The number of imidazole rings is 1. The molecule has 2 aromatic rings. The van der Waals surface area contributed by atoms with Gasteiger partial charge in [0.2, 0.25) is 0 Å². The van der Waals surface area contributed by atoms with Crippen molar-refractivity contribution in [3.8, 4) is 0 Å². The summed E-state index contributed by atoms with van der Waals surface area (Å²) in [5.41, 5.74) is 2.12. The van der Waals surface area contributed by atoms with Crippen LogP contribution in [0.15, 0.2) is 24.9 Å². The highest BCUT2D eigenvalue weighted by atomic mass is 16.5. The number of piperidine rings is 1. The number of aliphatic hydroxyl groups excluding tert-OH is 1. The maximum absolute atomic E-state index is 12.3. The van der Waals surface area contributed by atoms with Gasteiger partial charge in [0.05, 0.1) is 13.7 Å². The third-order valence-corrected chi connectivity index (χ3v) is 6.38. The largest absolute Gasteiger partial charge is 0.467 e. The van der Waals surface area contributed by atoms with E-state index in [2.05, 4.69) is 23.4 Å². The summed E-state index contributed by atoms with van der Waals surface area (Å²) in [5.74, 6) is -0.579. The fourth-order valence-corrected chi connectivity index (χ4v) is 4.40. The van der Waals surface area contributed by atoms with Crippen LogP contribution in [0.5, 0.6) is 0 Å². The van der Waals surface area contributed by atoms with Crippen LogP contribution in [0, 0.1) is 12.3 Å². The number of hydrogen-bond acceptors (Lipinski definition) is 7. The molecule has 0 aromatic carbocycles. The molecule has 2 aromatic heterocycles. The first-order valence-electron chi connectivity index (χ1n) is 11.1. The van der Waals surface area contributed by atoms with E-state index in [1.165, 1.54) is 7.11 Å². The number of hydrogen-bond donors (Lipinski definition) is 1. The molecular formula is C24H33N3O5. The first kappa shape index (κ1) is 23.8. The molecule has 8 nitrogen and oxygen atoms in total. The van der Waals surface area contributed by atoms with Gasteiger partial charge in [-0.1, -0.05) is 13.0 Å². The van der Waals surface area contributed by atoms with Crippen LogP contribution in [-0.4, -0.2) is 53.2 Å². The van der Waals surface area contributed by atoms with Crippen molar-refractivity contribution in [3.63, 3.8) is 0 Å². The number of fused-ring (bicyclic) bond motifs is 1. The molecular weight excluding hydrogens is 410 g/mol. The quantitative estimate of drug-likeness (QED) is 0.492. The van der Waals surface area contributed by atoms with E-state index in [1.54, 1.807) is 23.6 Å². The zero-order valence-corrected chi connectivity index (χ0v) is 19.4. The second-order valence-corrected chi connectivity index (χ2v) is 8.69. The molecule has 3 heterocycles. The smallest absolute Gasteiger partial charge is 0.358 e.